The monoisotopic (exact) mass is 283 g/mol. The zero-order valence-corrected chi connectivity index (χ0v) is 12.7. The van der Waals surface area contributed by atoms with Gasteiger partial charge in [0.25, 0.3) is 0 Å². The van der Waals surface area contributed by atoms with Crippen molar-refractivity contribution in [3.63, 3.8) is 0 Å². The Morgan fingerprint density at radius 1 is 1.10 bits per heavy atom. The summed E-state index contributed by atoms with van der Waals surface area (Å²) in [4.78, 5) is 0. The molecule has 3 unspecified atom stereocenters. The molecule has 1 N–H and O–H groups in total. The molecule has 4 heteroatoms. The van der Waals surface area contributed by atoms with Crippen LogP contribution in [0, 0.1) is 5.92 Å². The van der Waals surface area contributed by atoms with E-state index in [4.69, 9.17) is 14.2 Å². The van der Waals surface area contributed by atoms with Gasteiger partial charge in [0.1, 0.15) is 0 Å². The molecule has 3 heterocycles. The Morgan fingerprint density at radius 3 is 2.75 bits per heavy atom. The molecule has 0 aromatic heterocycles. The quantitative estimate of drug-likeness (QED) is 0.858. The van der Waals surface area contributed by atoms with E-state index in [9.17, 15) is 0 Å². The fraction of sp³-hybridized carbons (Fsp3) is 1.00. The standard InChI is InChI=1S/C16H29NO3/c1-2-15-13(3-7-19-15)12-17-14-4-8-20-16(11-14)5-9-18-10-6-16/h13-15,17H,2-12H2,1H3. The summed E-state index contributed by atoms with van der Waals surface area (Å²) < 4.78 is 17.4. The van der Waals surface area contributed by atoms with Crippen molar-refractivity contribution in [2.45, 2.75) is 63.2 Å². The molecule has 4 nitrogen and oxygen atoms in total. The van der Waals surface area contributed by atoms with E-state index in [1.807, 2.05) is 0 Å². The molecule has 0 amide bonds. The molecular formula is C16H29NO3. The van der Waals surface area contributed by atoms with Gasteiger partial charge in [0.2, 0.25) is 0 Å². The molecular weight excluding hydrogens is 254 g/mol. The Kier molecular flexibility index (Phi) is 4.97. The molecule has 0 saturated carbocycles. The van der Waals surface area contributed by atoms with Crippen LogP contribution in [-0.2, 0) is 14.2 Å². The number of hydrogen-bond donors (Lipinski definition) is 1. The molecule has 0 radical (unpaired) electrons. The van der Waals surface area contributed by atoms with Gasteiger partial charge in [-0.15, -0.1) is 0 Å². The van der Waals surface area contributed by atoms with Crippen LogP contribution < -0.4 is 5.32 Å². The number of nitrogens with one attached hydrogen (secondary N) is 1. The lowest BCUT2D eigenvalue weighted by Gasteiger charge is -2.43. The first-order valence-electron chi connectivity index (χ1n) is 8.38. The van der Waals surface area contributed by atoms with Gasteiger partial charge in [0, 0.05) is 39.0 Å². The van der Waals surface area contributed by atoms with Gasteiger partial charge in [-0.1, -0.05) is 6.92 Å². The third-order valence-corrected chi connectivity index (χ3v) is 5.31. The maximum absolute atomic E-state index is 6.11. The van der Waals surface area contributed by atoms with E-state index in [0.29, 0.717) is 18.1 Å². The average molecular weight is 283 g/mol. The van der Waals surface area contributed by atoms with Gasteiger partial charge >= 0.3 is 0 Å². The molecule has 3 rings (SSSR count). The van der Waals surface area contributed by atoms with E-state index in [1.54, 1.807) is 0 Å². The Bertz CT molecular complexity index is 299. The SMILES string of the molecule is CCC1OCCC1CNC1CCOC2(CCOCC2)C1. The normalized spacial score (nSPS) is 37.4. The van der Waals surface area contributed by atoms with Crippen molar-refractivity contribution in [2.24, 2.45) is 5.92 Å². The van der Waals surface area contributed by atoms with Gasteiger partial charge < -0.3 is 19.5 Å². The summed E-state index contributed by atoms with van der Waals surface area (Å²) in [5, 5.41) is 3.80. The third-order valence-electron chi connectivity index (χ3n) is 5.31. The first-order chi connectivity index (χ1) is 9.81. The topological polar surface area (TPSA) is 39.7 Å². The Labute approximate surface area is 122 Å². The second-order valence-corrected chi connectivity index (χ2v) is 6.61. The van der Waals surface area contributed by atoms with Crippen molar-refractivity contribution in [1.29, 1.82) is 0 Å². The van der Waals surface area contributed by atoms with E-state index < -0.39 is 0 Å². The Morgan fingerprint density at radius 2 is 1.95 bits per heavy atom. The maximum Gasteiger partial charge on any atom is 0.0741 e. The van der Waals surface area contributed by atoms with Crippen LogP contribution in [0.25, 0.3) is 0 Å². The van der Waals surface area contributed by atoms with Crippen LogP contribution in [-0.4, -0.2) is 50.7 Å². The van der Waals surface area contributed by atoms with E-state index >= 15 is 0 Å². The van der Waals surface area contributed by atoms with Gasteiger partial charge in [-0.3, -0.25) is 0 Å². The van der Waals surface area contributed by atoms with Gasteiger partial charge in [0.05, 0.1) is 11.7 Å². The van der Waals surface area contributed by atoms with Crippen LogP contribution >= 0.6 is 0 Å². The molecule has 3 fully saturated rings. The molecule has 3 saturated heterocycles. The van der Waals surface area contributed by atoms with Crippen LogP contribution in [0.5, 0.6) is 0 Å². The summed E-state index contributed by atoms with van der Waals surface area (Å²) >= 11 is 0. The summed E-state index contributed by atoms with van der Waals surface area (Å²) in [5.41, 5.74) is 0.102. The van der Waals surface area contributed by atoms with Crippen LogP contribution in [0.15, 0.2) is 0 Å². The highest BCUT2D eigenvalue weighted by atomic mass is 16.5. The number of rotatable bonds is 4. The highest BCUT2D eigenvalue weighted by Gasteiger charge is 2.39. The fourth-order valence-electron chi connectivity index (χ4n) is 3.99. The lowest BCUT2D eigenvalue weighted by atomic mass is 9.84. The predicted octanol–water partition coefficient (Wildman–Crippen LogP) is 2.12. The molecule has 3 atom stereocenters. The lowest BCUT2D eigenvalue weighted by molar-refractivity contribution is -0.140. The number of ether oxygens (including phenoxy) is 3. The van der Waals surface area contributed by atoms with Gasteiger partial charge in [-0.2, -0.15) is 0 Å². The first kappa shape index (κ1) is 14.8. The molecule has 116 valence electrons. The summed E-state index contributed by atoms with van der Waals surface area (Å²) in [6.45, 7) is 6.91. The van der Waals surface area contributed by atoms with Crippen molar-refractivity contribution in [3.8, 4) is 0 Å². The van der Waals surface area contributed by atoms with Gasteiger partial charge in [-0.25, -0.2) is 0 Å². The zero-order valence-electron chi connectivity index (χ0n) is 12.7. The molecule has 0 aromatic carbocycles. The van der Waals surface area contributed by atoms with E-state index in [-0.39, 0.29) is 5.60 Å². The smallest absolute Gasteiger partial charge is 0.0741 e. The van der Waals surface area contributed by atoms with E-state index in [2.05, 4.69) is 12.2 Å². The Hall–Kier alpha value is -0.160. The first-order valence-corrected chi connectivity index (χ1v) is 8.38. The molecule has 0 bridgehead atoms. The van der Waals surface area contributed by atoms with Crippen molar-refractivity contribution >= 4 is 0 Å². The van der Waals surface area contributed by atoms with Crippen molar-refractivity contribution in [1.82, 2.24) is 5.32 Å². The van der Waals surface area contributed by atoms with Crippen molar-refractivity contribution in [3.05, 3.63) is 0 Å². The summed E-state index contributed by atoms with van der Waals surface area (Å²) in [5.74, 6) is 0.702. The van der Waals surface area contributed by atoms with Crippen LogP contribution in [0.1, 0.15) is 45.4 Å². The molecule has 0 aliphatic carbocycles. The maximum atomic E-state index is 6.11. The zero-order chi connectivity index (χ0) is 13.8. The van der Waals surface area contributed by atoms with Crippen molar-refractivity contribution in [2.75, 3.05) is 33.0 Å². The summed E-state index contributed by atoms with van der Waals surface area (Å²) in [6.07, 6.45) is 7.26. The molecule has 3 aliphatic heterocycles. The minimum Gasteiger partial charge on any atom is -0.381 e. The predicted molar refractivity (Wildman–Crippen MR) is 77.9 cm³/mol. The molecule has 3 aliphatic rings. The highest BCUT2D eigenvalue weighted by molar-refractivity contribution is 4.92. The second kappa shape index (κ2) is 6.73. The third kappa shape index (κ3) is 3.35. The van der Waals surface area contributed by atoms with Crippen LogP contribution in [0.2, 0.25) is 0 Å². The highest BCUT2D eigenvalue weighted by Crippen LogP contribution is 2.34. The van der Waals surface area contributed by atoms with Crippen LogP contribution in [0.3, 0.4) is 0 Å². The lowest BCUT2D eigenvalue weighted by Crippen LogP contribution is -2.50. The Balaban J connectivity index is 1.47. The van der Waals surface area contributed by atoms with Gasteiger partial charge in [0.15, 0.2) is 0 Å². The second-order valence-electron chi connectivity index (χ2n) is 6.61. The van der Waals surface area contributed by atoms with Crippen molar-refractivity contribution < 1.29 is 14.2 Å². The fourth-order valence-corrected chi connectivity index (χ4v) is 3.99. The van der Waals surface area contributed by atoms with E-state index in [1.165, 1.54) is 6.42 Å². The molecule has 1 spiro atoms. The number of hydrogen-bond acceptors (Lipinski definition) is 4. The van der Waals surface area contributed by atoms with Crippen LogP contribution in [0.4, 0.5) is 0 Å². The summed E-state index contributed by atoms with van der Waals surface area (Å²) in [6, 6.07) is 0.611. The van der Waals surface area contributed by atoms with Gasteiger partial charge in [-0.05, 0) is 44.4 Å². The largest absolute Gasteiger partial charge is 0.381 e. The average Bonchev–Trinajstić information content (AvgIpc) is 2.93. The molecule has 0 aromatic rings. The summed E-state index contributed by atoms with van der Waals surface area (Å²) in [7, 11) is 0. The minimum atomic E-state index is 0.102. The minimum absolute atomic E-state index is 0.102. The molecule has 20 heavy (non-hydrogen) atoms. The van der Waals surface area contributed by atoms with E-state index in [0.717, 1.165) is 65.1 Å².